The number of anilines is 1. The zero-order valence-corrected chi connectivity index (χ0v) is 32.7. The Balaban J connectivity index is 1.02. The highest BCUT2D eigenvalue weighted by molar-refractivity contribution is 5.87. The minimum Gasteiger partial charge on any atom is -0.453 e. The largest absolute Gasteiger partial charge is 0.453 e. The van der Waals surface area contributed by atoms with Crippen LogP contribution in [0.15, 0.2) is 59.8 Å². The van der Waals surface area contributed by atoms with E-state index in [0.717, 1.165) is 96.9 Å². The number of methoxy groups -OCH3 is 2. The van der Waals surface area contributed by atoms with Crippen molar-refractivity contribution in [2.75, 3.05) is 45.3 Å². The number of imidazole rings is 2. The fraction of sp³-hybridized carbons (Fsp3) is 0.463. The smallest absolute Gasteiger partial charge is 0.407 e. The summed E-state index contributed by atoms with van der Waals surface area (Å²) in [6.07, 6.45) is 12.5. The molecule has 8 rings (SSSR count). The molecule has 4 aliphatic heterocycles. The van der Waals surface area contributed by atoms with Crippen LogP contribution in [-0.2, 0) is 19.1 Å². The summed E-state index contributed by atoms with van der Waals surface area (Å²) >= 11 is 0. The first-order chi connectivity index (χ1) is 27.6. The second-order valence-electron chi connectivity index (χ2n) is 15.4. The third-order valence-electron chi connectivity index (χ3n) is 11.5. The zero-order valence-electron chi connectivity index (χ0n) is 32.7. The third-order valence-corrected chi connectivity index (χ3v) is 11.5. The third kappa shape index (κ3) is 7.47. The Morgan fingerprint density at radius 2 is 1.60 bits per heavy atom. The van der Waals surface area contributed by atoms with Crippen LogP contribution >= 0.6 is 0 Å². The van der Waals surface area contributed by atoms with Gasteiger partial charge in [0.2, 0.25) is 11.8 Å². The first kappa shape index (κ1) is 37.8. The SMILES string of the molecule is COC(=O)NCC(=O)N1CCC[C@H]1c1ncc(C2=CC3=C4CC(=C2)CCCN4c2ccc(-c4cnc(C5CCCN5C(=O)C(NC(=O)OC)C(C)C)[nH]4)cc2O3)[nH]1. The highest BCUT2D eigenvalue weighted by Crippen LogP contribution is 2.46. The van der Waals surface area contributed by atoms with Crippen LogP contribution in [0.1, 0.15) is 88.2 Å². The predicted molar refractivity (Wildman–Crippen MR) is 209 cm³/mol. The number of benzene rings is 1. The average molecular weight is 780 g/mol. The van der Waals surface area contributed by atoms with Crippen molar-refractivity contribution >= 4 is 35.3 Å². The lowest BCUT2D eigenvalue weighted by Crippen LogP contribution is -2.51. The first-order valence-corrected chi connectivity index (χ1v) is 19.7. The summed E-state index contributed by atoms with van der Waals surface area (Å²) in [5, 5.41) is 5.20. The number of carbonyl (C=O) groups excluding carboxylic acids is 4. The molecule has 2 aromatic heterocycles. The van der Waals surface area contributed by atoms with Crippen LogP contribution in [-0.4, -0.2) is 100 Å². The van der Waals surface area contributed by atoms with Gasteiger partial charge in [0, 0.05) is 37.2 Å². The number of fused-ring (bicyclic) bond motifs is 3. The Labute approximate surface area is 330 Å². The summed E-state index contributed by atoms with van der Waals surface area (Å²) in [5.74, 6) is 2.46. The van der Waals surface area contributed by atoms with Gasteiger partial charge in [-0.1, -0.05) is 31.6 Å². The van der Waals surface area contributed by atoms with Gasteiger partial charge in [0.05, 0.1) is 61.5 Å². The molecule has 4 amide bonds. The topological polar surface area (TPSA) is 187 Å². The van der Waals surface area contributed by atoms with Gasteiger partial charge in [0.1, 0.15) is 30.0 Å². The lowest BCUT2D eigenvalue weighted by atomic mass is 10.0. The maximum Gasteiger partial charge on any atom is 0.407 e. The van der Waals surface area contributed by atoms with Crippen molar-refractivity contribution in [3.05, 3.63) is 77.1 Å². The minimum absolute atomic E-state index is 0.122. The molecule has 0 saturated carbocycles. The molecule has 6 heterocycles. The second kappa shape index (κ2) is 15.8. The van der Waals surface area contributed by atoms with Crippen LogP contribution in [0.3, 0.4) is 0 Å². The molecule has 57 heavy (non-hydrogen) atoms. The number of amides is 4. The summed E-state index contributed by atoms with van der Waals surface area (Å²) < 4.78 is 16.2. The van der Waals surface area contributed by atoms with E-state index in [0.29, 0.717) is 24.7 Å². The molecule has 3 aromatic rings. The van der Waals surface area contributed by atoms with E-state index in [1.807, 2.05) is 31.0 Å². The van der Waals surface area contributed by atoms with Crippen molar-refractivity contribution in [1.82, 2.24) is 40.4 Å². The van der Waals surface area contributed by atoms with Crippen LogP contribution in [0, 0.1) is 5.92 Å². The Kier molecular flexibility index (Phi) is 10.5. The number of nitrogens with zero attached hydrogens (tertiary/aromatic N) is 5. The first-order valence-electron chi connectivity index (χ1n) is 19.7. The number of carbonyl (C=O) groups is 4. The molecule has 3 fully saturated rings. The number of alkyl carbamates (subject to hydrolysis) is 2. The van der Waals surface area contributed by atoms with Crippen molar-refractivity contribution < 1.29 is 33.4 Å². The molecule has 1 aliphatic carbocycles. The summed E-state index contributed by atoms with van der Waals surface area (Å²) in [7, 11) is 2.56. The van der Waals surface area contributed by atoms with Crippen molar-refractivity contribution in [3.63, 3.8) is 0 Å². The molecule has 3 atom stereocenters. The number of likely N-dealkylation sites (tertiary alicyclic amines) is 2. The molecule has 2 bridgehead atoms. The highest BCUT2D eigenvalue weighted by atomic mass is 16.5. The van der Waals surface area contributed by atoms with E-state index in [-0.39, 0.29) is 36.4 Å². The molecule has 5 aliphatic rings. The number of allylic oxidation sites excluding steroid dienone is 4. The second-order valence-corrected chi connectivity index (χ2v) is 15.4. The molecule has 300 valence electrons. The summed E-state index contributed by atoms with van der Waals surface area (Å²) in [6, 6.07) is 5.04. The van der Waals surface area contributed by atoms with Crippen molar-refractivity contribution in [1.29, 1.82) is 0 Å². The van der Waals surface area contributed by atoms with E-state index in [2.05, 4.69) is 54.5 Å². The Morgan fingerprint density at radius 3 is 2.33 bits per heavy atom. The van der Waals surface area contributed by atoms with E-state index in [1.165, 1.54) is 19.8 Å². The molecule has 1 aromatic carbocycles. The Bertz CT molecular complexity index is 2170. The van der Waals surface area contributed by atoms with E-state index in [9.17, 15) is 19.2 Å². The normalized spacial score (nSPS) is 20.5. The Morgan fingerprint density at radius 1 is 0.895 bits per heavy atom. The zero-order chi connectivity index (χ0) is 39.8. The molecule has 16 heteroatoms. The predicted octanol–water partition coefficient (Wildman–Crippen LogP) is 5.48. The fourth-order valence-electron chi connectivity index (χ4n) is 8.61. The summed E-state index contributed by atoms with van der Waals surface area (Å²) in [6.45, 7) is 5.69. The average Bonchev–Trinajstić information content (AvgIpc) is 4.03. The molecular weight excluding hydrogens is 731 g/mol. The van der Waals surface area contributed by atoms with Crippen LogP contribution in [0.5, 0.6) is 5.75 Å². The summed E-state index contributed by atoms with van der Waals surface area (Å²) in [5.41, 5.74) is 6.95. The maximum atomic E-state index is 13.7. The lowest BCUT2D eigenvalue weighted by Gasteiger charge is -2.33. The Hall–Kier alpha value is -6.06. The van der Waals surface area contributed by atoms with Crippen LogP contribution in [0.25, 0.3) is 16.8 Å². The van der Waals surface area contributed by atoms with Crippen molar-refractivity contribution in [3.8, 4) is 17.0 Å². The van der Waals surface area contributed by atoms with Gasteiger partial charge < -0.3 is 49.5 Å². The van der Waals surface area contributed by atoms with E-state index in [1.54, 1.807) is 11.1 Å². The minimum atomic E-state index is -0.708. The van der Waals surface area contributed by atoms with E-state index < -0.39 is 18.2 Å². The van der Waals surface area contributed by atoms with Gasteiger partial charge >= 0.3 is 12.2 Å². The fourth-order valence-corrected chi connectivity index (χ4v) is 8.61. The highest BCUT2D eigenvalue weighted by Gasteiger charge is 2.38. The lowest BCUT2D eigenvalue weighted by molar-refractivity contribution is -0.135. The van der Waals surface area contributed by atoms with Crippen molar-refractivity contribution in [2.24, 2.45) is 5.92 Å². The van der Waals surface area contributed by atoms with Crippen LogP contribution in [0.4, 0.5) is 15.3 Å². The molecular formula is C41H49N9O7. The number of ether oxygens (including phenoxy) is 3. The molecule has 3 saturated heterocycles. The number of rotatable bonds is 9. The number of aromatic amines is 2. The number of nitrogens with one attached hydrogen (secondary N) is 4. The van der Waals surface area contributed by atoms with E-state index in [4.69, 9.17) is 19.4 Å². The molecule has 0 spiro atoms. The van der Waals surface area contributed by atoms with Gasteiger partial charge in [-0.15, -0.1) is 0 Å². The van der Waals surface area contributed by atoms with Gasteiger partial charge in [0.25, 0.3) is 0 Å². The van der Waals surface area contributed by atoms with Gasteiger partial charge in [-0.3, -0.25) is 9.59 Å². The standard InChI is InChI=1S/C41H49N9O7/c1-23(2)36(47-41(54)56-4)39(52)50-15-7-10-31(50)38-42-20-27(45-38)25-11-12-29-33(18-25)57-34-19-26(16-24-8-5-13-48(29)32(34)17-24)28-21-43-37(46-28)30-9-6-14-49(30)35(51)22-44-40(53)55-3/h11-12,16,18-21,23,30-31,36H,5-10,13-15,17,22H2,1-4H3,(H,42,45)(H,43,46)(H,44,53)(H,47,54)/t30-,31?,36?/m0/s1. The number of hydrogen-bond acceptors (Lipinski definition) is 10. The summed E-state index contributed by atoms with van der Waals surface area (Å²) in [4.78, 5) is 72.7. The van der Waals surface area contributed by atoms with Crippen molar-refractivity contribution in [2.45, 2.75) is 76.9 Å². The number of H-pyrrole nitrogens is 2. The number of aromatic nitrogens is 4. The molecule has 4 N–H and O–H groups in total. The van der Waals surface area contributed by atoms with Gasteiger partial charge in [0.15, 0.2) is 5.75 Å². The molecule has 2 unspecified atom stereocenters. The van der Waals surface area contributed by atoms with Gasteiger partial charge in [-0.25, -0.2) is 19.6 Å². The quantitative estimate of drug-likeness (QED) is 0.217. The van der Waals surface area contributed by atoms with E-state index >= 15 is 0 Å². The van der Waals surface area contributed by atoms with Gasteiger partial charge in [-0.2, -0.15) is 0 Å². The van der Waals surface area contributed by atoms with Crippen LogP contribution < -0.4 is 20.3 Å². The monoisotopic (exact) mass is 779 g/mol. The maximum absolute atomic E-state index is 13.7. The van der Waals surface area contributed by atoms with Crippen LogP contribution in [0.2, 0.25) is 0 Å². The number of hydrogen-bond donors (Lipinski definition) is 4. The molecule has 16 nitrogen and oxygen atoms in total. The molecule has 0 radical (unpaired) electrons. The van der Waals surface area contributed by atoms with Gasteiger partial charge in [-0.05, 0) is 62.7 Å².